The SMILES string of the molecule is CS(=O)(=O)Nc1ccccc1C(=O)NCCc1nc2ccccc2[nH]1. The van der Waals surface area contributed by atoms with Gasteiger partial charge >= 0.3 is 0 Å². The molecule has 0 aliphatic rings. The molecule has 2 aromatic carbocycles. The summed E-state index contributed by atoms with van der Waals surface area (Å²) in [5.41, 5.74) is 2.36. The molecule has 130 valence electrons. The molecule has 1 amide bonds. The zero-order valence-corrected chi connectivity index (χ0v) is 14.4. The van der Waals surface area contributed by atoms with Crippen molar-refractivity contribution in [2.75, 3.05) is 17.5 Å². The Bertz CT molecular complexity index is 978. The first-order chi connectivity index (χ1) is 11.9. The number of hydrogen-bond donors (Lipinski definition) is 3. The Balaban J connectivity index is 1.65. The molecule has 3 aromatic rings. The third-order valence-electron chi connectivity index (χ3n) is 3.55. The lowest BCUT2D eigenvalue weighted by atomic mass is 10.1. The summed E-state index contributed by atoms with van der Waals surface area (Å²) in [5.74, 6) is 0.437. The number of sulfonamides is 1. The van der Waals surface area contributed by atoms with Gasteiger partial charge in [0.05, 0.1) is 28.5 Å². The quantitative estimate of drug-likeness (QED) is 0.626. The van der Waals surface area contributed by atoms with Crippen molar-refractivity contribution in [2.24, 2.45) is 0 Å². The van der Waals surface area contributed by atoms with Crippen LogP contribution in [0.25, 0.3) is 11.0 Å². The molecule has 0 fully saturated rings. The van der Waals surface area contributed by atoms with Gasteiger partial charge in [-0.1, -0.05) is 24.3 Å². The van der Waals surface area contributed by atoms with E-state index in [0.717, 1.165) is 23.1 Å². The summed E-state index contributed by atoms with van der Waals surface area (Å²) in [5, 5.41) is 2.78. The van der Waals surface area contributed by atoms with Crippen LogP contribution < -0.4 is 10.0 Å². The summed E-state index contributed by atoms with van der Waals surface area (Å²) in [4.78, 5) is 20.0. The van der Waals surface area contributed by atoms with Crippen LogP contribution in [0.5, 0.6) is 0 Å². The van der Waals surface area contributed by atoms with Crippen LogP contribution in [0.1, 0.15) is 16.2 Å². The number of amides is 1. The van der Waals surface area contributed by atoms with E-state index < -0.39 is 10.0 Å². The van der Waals surface area contributed by atoms with Crippen molar-refractivity contribution in [3.8, 4) is 0 Å². The molecule has 0 radical (unpaired) electrons. The van der Waals surface area contributed by atoms with E-state index in [4.69, 9.17) is 0 Å². The molecule has 0 unspecified atom stereocenters. The van der Waals surface area contributed by atoms with E-state index in [-0.39, 0.29) is 17.2 Å². The topological polar surface area (TPSA) is 104 Å². The molecular formula is C17H18N4O3S. The summed E-state index contributed by atoms with van der Waals surface area (Å²) < 4.78 is 25.2. The Labute approximate surface area is 145 Å². The van der Waals surface area contributed by atoms with E-state index in [0.29, 0.717) is 13.0 Å². The number of nitrogens with one attached hydrogen (secondary N) is 3. The summed E-state index contributed by atoms with van der Waals surface area (Å²) in [6.07, 6.45) is 1.59. The number of para-hydroxylation sites is 3. The van der Waals surface area contributed by atoms with E-state index in [1.165, 1.54) is 0 Å². The summed E-state index contributed by atoms with van der Waals surface area (Å²) >= 11 is 0. The number of carbonyl (C=O) groups is 1. The molecule has 0 bridgehead atoms. The molecule has 7 nitrogen and oxygen atoms in total. The maximum atomic E-state index is 12.3. The standard InChI is InChI=1S/C17H18N4O3S/c1-25(23,24)21-13-7-3-2-6-12(13)17(22)18-11-10-16-19-14-8-4-5-9-15(14)20-16/h2-9,21H,10-11H2,1H3,(H,18,22)(H,19,20). The second kappa shape index (κ2) is 6.94. The van der Waals surface area contributed by atoms with E-state index >= 15 is 0 Å². The first kappa shape index (κ1) is 17.0. The van der Waals surface area contributed by atoms with Crippen molar-refractivity contribution in [3.63, 3.8) is 0 Å². The molecule has 8 heteroatoms. The normalized spacial score (nSPS) is 11.4. The first-order valence-electron chi connectivity index (χ1n) is 7.71. The Morgan fingerprint density at radius 2 is 1.84 bits per heavy atom. The van der Waals surface area contributed by atoms with Crippen LogP contribution >= 0.6 is 0 Å². The smallest absolute Gasteiger partial charge is 0.253 e. The maximum absolute atomic E-state index is 12.3. The van der Waals surface area contributed by atoms with Crippen LogP contribution in [0.4, 0.5) is 5.69 Å². The highest BCUT2D eigenvalue weighted by molar-refractivity contribution is 7.92. The third-order valence-corrected chi connectivity index (χ3v) is 4.14. The van der Waals surface area contributed by atoms with Crippen LogP contribution in [0.3, 0.4) is 0 Å². The summed E-state index contributed by atoms with van der Waals surface area (Å²) in [6.45, 7) is 0.381. The number of aromatic nitrogens is 2. The number of H-pyrrole nitrogens is 1. The molecule has 1 aromatic heterocycles. The van der Waals surface area contributed by atoms with Gasteiger partial charge in [-0.2, -0.15) is 0 Å². The molecule has 0 saturated heterocycles. The minimum absolute atomic E-state index is 0.256. The van der Waals surface area contributed by atoms with Crippen molar-refractivity contribution >= 4 is 32.7 Å². The average molecular weight is 358 g/mol. The fourth-order valence-electron chi connectivity index (χ4n) is 2.48. The number of aromatic amines is 1. The van der Waals surface area contributed by atoms with Crippen molar-refractivity contribution in [1.29, 1.82) is 0 Å². The fourth-order valence-corrected chi connectivity index (χ4v) is 3.06. The Morgan fingerprint density at radius 1 is 1.12 bits per heavy atom. The van der Waals surface area contributed by atoms with Crippen LogP contribution in [0.2, 0.25) is 0 Å². The fraction of sp³-hybridized carbons (Fsp3) is 0.176. The lowest BCUT2D eigenvalue weighted by Gasteiger charge is -2.10. The summed E-state index contributed by atoms with van der Waals surface area (Å²) in [6, 6.07) is 14.2. The molecule has 1 heterocycles. The highest BCUT2D eigenvalue weighted by atomic mass is 32.2. The molecule has 0 atom stereocenters. The van der Waals surface area contributed by atoms with Gasteiger partial charge in [-0.15, -0.1) is 0 Å². The lowest BCUT2D eigenvalue weighted by molar-refractivity contribution is 0.0955. The first-order valence-corrected chi connectivity index (χ1v) is 9.60. The number of hydrogen-bond acceptors (Lipinski definition) is 4. The van der Waals surface area contributed by atoms with Gasteiger partial charge < -0.3 is 10.3 Å². The van der Waals surface area contributed by atoms with E-state index in [2.05, 4.69) is 20.0 Å². The van der Waals surface area contributed by atoms with Crippen LogP contribution in [-0.2, 0) is 16.4 Å². The average Bonchev–Trinajstić information content (AvgIpc) is 2.96. The molecule has 3 N–H and O–H groups in total. The van der Waals surface area contributed by atoms with Crippen molar-refractivity contribution in [1.82, 2.24) is 15.3 Å². The van der Waals surface area contributed by atoms with E-state index in [9.17, 15) is 13.2 Å². The van der Waals surface area contributed by atoms with Crippen LogP contribution in [0.15, 0.2) is 48.5 Å². The predicted molar refractivity (Wildman–Crippen MR) is 97.0 cm³/mol. The predicted octanol–water partition coefficient (Wildman–Crippen LogP) is 1.91. The molecule has 3 rings (SSSR count). The second-order valence-corrected chi connectivity index (χ2v) is 7.37. The molecule has 25 heavy (non-hydrogen) atoms. The number of carbonyl (C=O) groups excluding carboxylic acids is 1. The van der Waals surface area contributed by atoms with Gasteiger partial charge in [-0.05, 0) is 24.3 Å². The highest BCUT2D eigenvalue weighted by Gasteiger charge is 2.13. The van der Waals surface area contributed by atoms with Gasteiger partial charge in [0.15, 0.2) is 0 Å². The Hall–Kier alpha value is -2.87. The molecule has 0 spiro atoms. The van der Waals surface area contributed by atoms with Crippen LogP contribution in [-0.4, -0.2) is 37.1 Å². The van der Waals surface area contributed by atoms with Gasteiger partial charge in [0, 0.05) is 13.0 Å². The minimum atomic E-state index is -3.46. The van der Waals surface area contributed by atoms with Crippen LogP contribution in [0, 0.1) is 0 Å². The van der Waals surface area contributed by atoms with Crippen molar-refractivity contribution < 1.29 is 13.2 Å². The number of fused-ring (bicyclic) bond motifs is 1. The maximum Gasteiger partial charge on any atom is 0.253 e. The Morgan fingerprint density at radius 3 is 2.60 bits per heavy atom. The lowest BCUT2D eigenvalue weighted by Crippen LogP contribution is -2.27. The van der Waals surface area contributed by atoms with Crippen molar-refractivity contribution in [3.05, 3.63) is 59.9 Å². The van der Waals surface area contributed by atoms with Gasteiger partial charge in [0.25, 0.3) is 5.91 Å². The zero-order valence-electron chi connectivity index (χ0n) is 13.6. The number of anilines is 1. The third kappa shape index (κ3) is 4.36. The van der Waals surface area contributed by atoms with Crippen molar-refractivity contribution in [2.45, 2.75) is 6.42 Å². The van der Waals surface area contributed by atoms with Gasteiger partial charge in [0.1, 0.15) is 5.82 Å². The molecule has 0 saturated carbocycles. The highest BCUT2D eigenvalue weighted by Crippen LogP contribution is 2.16. The van der Waals surface area contributed by atoms with E-state index in [1.807, 2.05) is 24.3 Å². The van der Waals surface area contributed by atoms with E-state index in [1.54, 1.807) is 24.3 Å². The number of rotatable bonds is 6. The Kier molecular flexibility index (Phi) is 4.71. The largest absolute Gasteiger partial charge is 0.352 e. The van der Waals surface area contributed by atoms with Gasteiger partial charge in [-0.25, -0.2) is 13.4 Å². The van der Waals surface area contributed by atoms with Gasteiger partial charge in [0.2, 0.25) is 10.0 Å². The second-order valence-electron chi connectivity index (χ2n) is 5.63. The summed E-state index contributed by atoms with van der Waals surface area (Å²) in [7, 11) is -3.46. The monoisotopic (exact) mass is 358 g/mol. The minimum Gasteiger partial charge on any atom is -0.352 e. The molecular weight excluding hydrogens is 340 g/mol. The molecule has 0 aliphatic heterocycles. The molecule has 0 aliphatic carbocycles. The number of benzene rings is 2. The number of imidazole rings is 1. The number of nitrogens with zero attached hydrogens (tertiary/aromatic N) is 1. The van der Waals surface area contributed by atoms with Gasteiger partial charge in [-0.3, -0.25) is 9.52 Å². The zero-order chi connectivity index (χ0) is 17.9.